The average molecular weight is 368 g/mol. The maximum atomic E-state index is 13.0. The smallest absolute Gasteiger partial charge is 0.255 e. The molecule has 0 spiro atoms. The monoisotopic (exact) mass is 367 g/mol. The Kier molecular flexibility index (Phi) is 4.20. The fourth-order valence-electron chi connectivity index (χ4n) is 3.27. The van der Waals surface area contributed by atoms with Gasteiger partial charge in [0.1, 0.15) is 5.69 Å². The number of fused-ring (bicyclic) bond motifs is 1. The molecule has 0 saturated carbocycles. The van der Waals surface area contributed by atoms with Crippen molar-refractivity contribution in [2.24, 2.45) is 0 Å². The van der Waals surface area contributed by atoms with Crippen LogP contribution >= 0.6 is 11.6 Å². The number of aromatic nitrogens is 4. The number of nitrogens with zero attached hydrogens (tertiary/aromatic N) is 5. The summed E-state index contributed by atoms with van der Waals surface area (Å²) in [5.74, 6) is 0.652. The molecule has 26 heavy (non-hydrogen) atoms. The third-order valence-electron chi connectivity index (χ3n) is 4.73. The van der Waals surface area contributed by atoms with Crippen molar-refractivity contribution < 1.29 is 4.79 Å². The molecule has 0 aliphatic carbocycles. The van der Waals surface area contributed by atoms with Gasteiger partial charge in [-0.25, -0.2) is 4.98 Å². The number of pyridine rings is 1. The zero-order chi connectivity index (χ0) is 18.3. The lowest BCUT2D eigenvalue weighted by Gasteiger charge is -2.33. The van der Waals surface area contributed by atoms with Gasteiger partial charge in [0, 0.05) is 18.7 Å². The van der Waals surface area contributed by atoms with Gasteiger partial charge in [0.2, 0.25) is 0 Å². The van der Waals surface area contributed by atoms with Crippen molar-refractivity contribution in [2.75, 3.05) is 0 Å². The second-order valence-corrected chi connectivity index (χ2v) is 6.88. The summed E-state index contributed by atoms with van der Waals surface area (Å²) in [6, 6.07) is 11.2. The van der Waals surface area contributed by atoms with Gasteiger partial charge in [-0.3, -0.25) is 4.79 Å². The Morgan fingerprint density at radius 2 is 2.08 bits per heavy atom. The van der Waals surface area contributed by atoms with E-state index < -0.39 is 0 Å². The molecule has 132 valence electrons. The molecule has 1 aliphatic rings. The number of benzene rings is 1. The van der Waals surface area contributed by atoms with Crippen molar-refractivity contribution in [3.63, 3.8) is 0 Å². The third kappa shape index (κ3) is 2.76. The number of aryl methyl sites for hydroxylation is 1. The summed E-state index contributed by atoms with van der Waals surface area (Å²) < 4.78 is 1.76. The molecule has 1 atom stereocenters. The number of carbonyl (C=O) groups excluding carboxylic acids is 1. The Morgan fingerprint density at radius 3 is 2.85 bits per heavy atom. The first-order valence-corrected chi connectivity index (χ1v) is 8.85. The summed E-state index contributed by atoms with van der Waals surface area (Å²) in [6.45, 7) is 4.34. The topological polar surface area (TPSA) is 63.9 Å². The molecule has 6 nitrogen and oxygen atoms in total. The highest BCUT2D eigenvalue weighted by atomic mass is 35.5. The molecule has 0 bridgehead atoms. The van der Waals surface area contributed by atoms with Crippen LogP contribution in [0.4, 0.5) is 0 Å². The Balaban J connectivity index is 1.66. The van der Waals surface area contributed by atoms with Gasteiger partial charge in [0.25, 0.3) is 5.91 Å². The Hall–Kier alpha value is -2.73. The van der Waals surface area contributed by atoms with Gasteiger partial charge in [0.15, 0.2) is 5.82 Å². The van der Waals surface area contributed by atoms with Crippen LogP contribution in [-0.4, -0.2) is 36.8 Å². The van der Waals surface area contributed by atoms with Crippen molar-refractivity contribution in [1.82, 2.24) is 24.9 Å². The second kappa shape index (κ2) is 6.53. The minimum absolute atomic E-state index is 0.00698. The molecule has 1 unspecified atom stereocenters. The highest BCUT2D eigenvalue weighted by Gasteiger charge is 2.32. The summed E-state index contributed by atoms with van der Waals surface area (Å²) in [5, 5.41) is 9.03. The van der Waals surface area contributed by atoms with Gasteiger partial charge in [-0.2, -0.15) is 4.68 Å². The lowest BCUT2D eigenvalue weighted by molar-refractivity contribution is 0.0653. The van der Waals surface area contributed by atoms with Gasteiger partial charge >= 0.3 is 0 Å². The van der Waals surface area contributed by atoms with Crippen LogP contribution in [0.15, 0.2) is 42.6 Å². The van der Waals surface area contributed by atoms with Crippen LogP contribution in [0.25, 0.3) is 5.82 Å². The van der Waals surface area contributed by atoms with Crippen LogP contribution < -0.4 is 0 Å². The van der Waals surface area contributed by atoms with Crippen LogP contribution in [0.2, 0.25) is 5.02 Å². The predicted molar refractivity (Wildman–Crippen MR) is 98.4 cm³/mol. The molecule has 0 radical (unpaired) electrons. The zero-order valence-corrected chi connectivity index (χ0v) is 15.3. The number of amides is 1. The predicted octanol–water partition coefficient (Wildman–Crippen LogP) is 3.21. The van der Waals surface area contributed by atoms with Gasteiger partial charge in [-0.05, 0) is 37.6 Å². The summed E-state index contributed by atoms with van der Waals surface area (Å²) in [4.78, 5) is 19.2. The SMILES string of the molecule is Cc1cccc(C(=O)N2Cc3nnn(-c4ccccn4)c3CC2C)c1Cl. The molecule has 1 aliphatic heterocycles. The first-order chi connectivity index (χ1) is 12.6. The standard InChI is InChI=1S/C19H18ClN5O/c1-12-6-5-7-14(18(12)20)19(26)24-11-15-16(10-13(24)2)25(23-22-15)17-8-3-4-9-21-17/h3-9,13H,10-11H2,1-2H3. The molecule has 4 rings (SSSR count). The molecule has 1 amide bonds. The maximum Gasteiger partial charge on any atom is 0.255 e. The van der Waals surface area contributed by atoms with E-state index in [4.69, 9.17) is 11.6 Å². The van der Waals surface area contributed by atoms with Crippen LogP contribution in [0.5, 0.6) is 0 Å². The Labute approximate surface area is 156 Å². The summed E-state index contributed by atoms with van der Waals surface area (Å²) in [7, 11) is 0. The Morgan fingerprint density at radius 1 is 1.23 bits per heavy atom. The van der Waals surface area contributed by atoms with E-state index in [-0.39, 0.29) is 11.9 Å². The molecular formula is C19H18ClN5O. The van der Waals surface area contributed by atoms with Crippen LogP contribution in [0.1, 0.15) is 34.2 Å². The van der Waals surface area contributed by atoms with Crippen molar-refractivity contribution >= 4 is 17.5 Å². The zero-order valence-electron chi connectivity index (χ0n) is 14.6. The second-order valence-electron chi connectivity index (χ2n) is 6.51. The normalized spacial score (nSPS) is 16.4. The van der Waals surface area contributed by atoms with Crippen molar-refractivity contribution in [1.29, 1.82) is 0 Å². The van der Waals surface area contributed by atoms with E-state index in [0.717, 1.165) is 22.8 Å². The third-order valence-corrected chi connectivity index (χ3v) is 5.24. The summed E-state index contributed by atoms with van der Waals surface area (Å²) in [6.07, 6.45) is 2.39. The van der Waals surface area contributed by atoms with Crippen LogP contribution in [0.3, 0.4) is 0 Å². The van der Waals surface area contributed by atoms with E-state index in [2.05, 4.69) is 15.3 Å². The molecule has 0 fully saturated rings. The minimum atomic E-state index is -0.0794. The first kappa shape index (κ1) is 16.7. The van der Waals surface area contributed by atoms with E-state index >= 15 is 0 Å². The highest BCUT2D eigenvalue weighted by Crippen LogP contribution is 2.28. The van der Waals surface area contributed by atoms with Crippen molar-refractivity contribution in [2.45, 2.75) is 32.9 Å². The fraction of sp³-hybridized carbons (Fsp3) is 0.263. The van der Waals surface area contributed by atoms with Gasteiger partial charge in [-0.1, -0.05) is 35.0 Å². The lowest BCUT2D eigenvalue weighted by atomic mass is 10.0. The van der Waals surface area contributed by atoms with Gasteiger partial charge in [0.05, 0.1) is 22.8 Å². The molecule has 7 heteroatoms. The van der Waals surface area contributed by atoms with Gasteiger partial charge < -0.3 is 4.90 Å². The quantitative estimate of drug-likeness (QED) is 0.697. The number of carbonyl (C=O) groups is 1. The lowest BCUT2D eigenvalue weighted by Crippen LogP contribution is -2.43. The molecule has 0 saturated heterocycles. The number of rotatable bonds is 2. The number of hydrogen-bond donors (Lipinski definition) is 0. The van der Waals surface area contributed by atoms with Crippen molar-refractivity contribution in [3.8, 4) is 5.82 Å². The van der Waals surface area contributed by atoms with Crippen molar-refractivity contribution in [3.05, 3.63) is 70.1 Å². The van der Waals surface area contributed by atoms with E-state index in [1.807, 2.05) is 44.2 Å². The molecular weight excluding hydrogens is 350 g/mol. The van der Waals surface area contributed by atoms with Gasteiger partial charge in [-0.15, -0.1) is 5.10 Å². The van der Waals surface area contributed by atoms with Crippen LogP contribution in [0, 0.1) is 6.92 Å². The molecule has 3 heterocycles. The summed E-state index contributed by atoms with van der Waals surface area (Å²) >= 11 is 6.35. The molecule has 3 aromatic rings. The molecule has 2 aromatic heterocycles. The molecule has 0 N–H and O–H groups in total. The van der Waals surface area contributed by atoms with E-state index in [9.17, 15) is 4.79 Å². The average Bonchev–Trinajstić information content (AvgIpc) is 3.06. The van der Waals surface area contributed by atoms with E-state index in [1.165, 1.54) is 0 Å². The number of hydrogen-bond acceptors (Lipinski definition) is 4. The minimum Gasteiger partial charge on any atom is -0.329 e. The highest BCUT2D eigenvalue weighted by molar-refractivity contribution is 6.34. The fourth-order valence-corrected chi connectivity index (χ4v) is 3.48. The van der Waals surface area contributed by atoms with E-state index in [1.54, 1.807) is 21.8 Å². The Bertz CT molecular complexity index is 969. The molecule has 1 aromatic carbocycles. The number of halogens is 1. The van der Waals surface area contributed by atoms with Crippen LogP contribution in [-0.2, 0) is 13.0 Å². The first-order valence-electron chi connectivity index (χ1n) is 8.47. The van der Waals surface area contributed by atoms with E-state index in [0.29, 0.717) is 23.6 Å². The summed E-state index contributed by atoms with van der Waals surface area (Å²) in [5.41, 5.74) is 3.21. The maximum absolute atomic E-state index is 13.0. The largest absolute Gasteiger partial charge is 0.329 e.